The molecule has 0 fully saturated rings. The predicted molar refractivity (Wildman–Crippen MR) is 48.8 cm³/mol. The molecule has 1 aliphatic rings. The molecule has 1 unspecified atom stereocenters. The second kappa shape index (κ2) is 3.40. The number of esters is 1. The number of carbonyl (C=O) groups is 1. The van der Waals surface area contributed by atoms with E-state index in [1.165, 1.54) is 0 Å². The van der Waals surface area contributed by atoms with E-state index in [-0.39, 0.29) is 11.9 Å². The van der Waals surface area contributed by atoms with E-state index in [1.54, 1.807) is 0 Å². The molecule has 1 aromatic heterocycles. The van der Waals surface area contributed by atoms with Crippen LogP contribution >= 0.6 is 0 Å². The Kier molecular flexibility index (Phi) is 2.23. The van der Waals surface area contributed by atoms with Gasteiger partial charge in [0.1, 0.15) is 17.6 Å². The van der Waals surface area contributed by atoms with Gasteiger partial charge in [-0.05, 0) is 20.3 Å². The number of rotatable bonds is 2. The van der Waals surface area contributed by atoms with Gasteiger partial charge in [-0.25, -0.2) is 0 Å². The molecule has 1 aromatic rings. The zero-order valence-electron chi connectivity index (χ0n) is 8.36. The minimum Gasteiger partial charge on any atom is -0.465 e. The number of ether oxygens (including phenoxy) is 1. The van der Waals surface area contributed by atoms with E-state index in [1.807, 2.05) is 18.4 Å². The minimum atomic E-state index is -0.212. The summed E-state index contributed by atoms with van der Waals surface area (Å²) >= 11 is 0. The molecule has 5 heteroatoms. The maximum absolute atomic E-state index is 11.5. The van der Waals surface area contributed by atoms with Gasteiger partial charge >= 0.3 is 5.97 Å². The SMILES string of the molecule is CCOC(=O)C1CCn2c(C)nnc21. The van der Waals surface area contributed by atoms with Gasteiger partial charge in [0, 0.05) is 6.54 Å². The van der Waals surface area contributed by atoms with Crippen LogP contribution < -0.4 is 0 Å². The second-order valence-electron chi connectivity index (χ2n) is 3.35. The van der Waals surface area contributed by atoms with Crippen LogP contribution in [0.1, 0.15) is 30.9 Å². The summed E-state index contributed by atoms with van der Waals surface area (Å²) in [4.78, 5) is 11.5. The molecule has 76 valence electrons. The molecule has 0 aliphatic carbocycles. The molecule has 0 saturated heterocycles. The van der Waals surface area contributed by atoms with Crippen LogP contribution in [-0.4, -0.2) is 27.3 Å². The van der Waals surface area contributed by atoms with Gasteiger partial charge in [0.05, 0.1) is 6.61 Å². The normalized spacial score (nSPS) is 19.4. The lowest BCUT2D eigenvalue weighted by Crippen LogP contribution is -2.14. The van der Waals surface area contributed by atoms with Crippen molar-refractivity contribution in [3.63, 3.8) is 0 Å². The van der Waals surface area contributed by atoms with E-state index >= 15 is 0 Å². The summed E-state index contributed by atoms with van der Waals surface area (Å²) in [5.74, 6) is 1.22. The molecule has 2 heterocycles. The molecule has 0 amide bonds. The molecule has 0 N–H and O–H groups in total. The summed E-state index contributed by atoms with van der Waals surface area (Å²) in [6.07, 6.45) is 0.782. The zero-order chi connectivity index (χ0) is 10.1. The lowest BCUT2D eigenvalue weighted by atomic mass is 10.1. The average Bonchev–Trinajstić information content (AvgIpc) is 2.69. The highest BCUT2D eigenvalue weighted by molar-refractivity contribution is 5.77. The largest absolute Gasteiger partial charge is 0.465 e. The smallest absolute Gasteiger partial charge is 0.316 e. The Balaban J connectivity index is 2.21. The molecule has 1 atom stereocenters. The van der Waals surface area contributed by atoms with Gasteiger partial charge in [0.15, 0.2) is 0 Å². The number of hydrogen-bond acceptors (Lipinski definition) is 4. The lowest BCUT2D eigenvalue weighted by molar-refractivity contribution is -0.145. The maximum Gasteiger partial charge on any atom is 0.316 e. The highest BCUT2D eigenvalue weighted by Gasteiger charge is 2.33. The summed E-state index contributed by atoms with van der Waals surface area (Å²) in [7, 11) is 0. The van der Waals surface area contributed by atoms with E-state index in [2.05, 4.69) is 10.2 Å². The highest BCUT2D eigenvalue weighted by atomic mass is 16.5. The minimum absolute atomic E-state index is 0.182. The molecule has 0 radical (unpaired) electrons. The van der Waals surface area contributed by atoms with Crippen LogP contribution in [0.5, 0.6) is 0 Å². The van der Waals surface area contributed by atoms with Crippen molar-refractivity contribution >= 4 is 5.97 Å². The van der Waals surface area contributed by atoms with Gasteiger partial charge < -0.3 is 9.30 Å². The van der Waals surface area contributed by atoms with Crippen molar-refractivity contribution in [1.82, 2.24) is 14.8 Å². The standard InChI is InChI=1S/C9H13N3O2/c1-3-14-9(13)7-4-5-12-6(2)10-11-8(7)12/h7H,3-5H2,1-2H3. The van der Waals surface area contributed by atoms with Crippen LogP contribution in [0, 0.1) is 6.92 Å². The predicted octanol–water partition coefficient (Wildman–Crippen LogP) is 0.637. The van der Waals surface area contributed by atoms with Gasteiger partial charge in [0.2, 0.25) is 0 Å². The van der Waals surface area contributed by atoms with Crippen molar-refractivity contribution in [3.8, 4) is 0 Å². The summed E-state index contributed by atoms with van der Waals surface area (Å²) < 4.78 is 6.95. The van der Waals surface area contributed by atoms with Crippen molar-refractivity contribution in [3.05, 3.63) is 11.6 Å². The van der Waals surface area contributed by atoms with Crippen molar-refractivity contribution in [1.29, 1.82) is 0 Å². The van der Waals surface area contributed by atoms with E-state index in [0.717, 1.165) is 24.6 Å². The molecular formula is C9H13N3O2. The molecule has 0 bridgehead atoms. The van der Waals surface area contributed by atoms with E-state index in [9.17, 15) is 4.79 Å². The van der Waals surface area contributed by atoms with Crippen molar-refractivity contribution in [2.75, 3.05) is 6.61 Å². The van der Waals surface area contributed by atoms with Gasteiger partial charge in [-0.2, -0.15) is 0 Å². The summed E-state index contributed by atoms with van der Waals surface area (Å²) in [5, 5.41) is 7.93. The maximum atomic E-state index is 11.5. The topological polar surface area (TPSA) is 57.0 Å². The Morgan fingerprint density at radius 1 is 1.64 bits per heavy atom. The summed E-state index contributed by atoms with van der Waals surface area (Å²) in [5.41, 5.74) is 0. The van der Waals surface area contributed by atoms with Crippen LogP contribution in [0.3, 0.4) is 0 Å². The average molecular weight is 195 g/mol. The summed E-state index contributed by atoms with van der Waals surface area (Å²) in [6, 6.07) is 0. The van der Waals surface area contributed by atoms with Crippen LogP contribution in [0.25, 0.3) is 0 Å². The third kappa shape index (κ3) is 1.29. The highest BCUT2D eigenvalue weighted by Crippen LogP contribution is 2.27. The first-order valence-electron chi connectivity index (χ1n) is 4.80. The first-order valence-corrected chi connectivity index (χ1v) is 4.80. The van der Waals surface area contributed by atoms with Crippen molar-refractivity contribution in [2.45, 2.75) is 32.7 Å². The van der Waals surface area contributed by atoms with Gasteiger partial charge in [-0.3, -0.25) is 4.79 Å². The Bertz CT molecular complexity index is 359. The van der Waals surface area contributed by atoms with Crippen LogP contribution in [0.4, 0.5) is 0 Å². The molecule has 5 nitrogen and oxygen atoms in total. The molecule has 0 spiro atoms. The fraction of sp³-hybridized carbons (Fsp3) is 0.667. The second-order valence-corrected chi connectivity index (χ2v) is 3.35. The quantitative estimate of drug-likeness (QED) is 0.650. The van der Waals surface area contributed by atoms with Gasteiger partial charge in [0.25, 0.3) is 0 Å². The molecule has 1 aliphatic heterocycles. The van der Waals surface area contributed by atoms with E-state index in [0.29, 0.717) is 6.61 Å². The third-order valence-electron chi connectivity index (χ3n) is 2.49. The molecular weight excluding hydrogens is 182 g/mol. The number of nitrogens with zero attached hydrogens (tertiary/aromatic N) is 3. The van der Waals surface area contributed by atoms with E-state index in [4.69, 9.17) is 4.74 Å². The lowest BCUT2D eigenvalue weighted by Gasteiger charge is -2.05. The Hall–Kier alpha value is -1.39. The number of carbonyl (C=O) groups excluding carboxylic acids is 1. The number of hydrogen-bond donors (Lipinski definition) is 0. The molecule has 14 heavy (non-hydrogen) atoms. The van der Waals surface area contributed by atoms with Gasteiger partial charge in [-0.15, -0.1) is 10.2 Å². The first-order chi connectivity index (χ1) is 6.74. The Labute approximate surface area is 82.1 Å². The van der Waals surface area contributed by atoms with Gasteiger partial charge in [-0.1, -0.05) is 0 Å². The molecule has 2 rings (SSSR count). The van der Waals surface area contributed by atoms with Crippen molar-refractivity contribution in [2.24, 2.45) is 0 Å². The molecule has 0 saturated carbocycles. The monoisotopic (exact) mass is 195 g/mol. The zero-order valence-corrected chi connectivity index (χ0v) is 8.36. The number of aryl methyl sites for hydroxylation is 1. The Morgan fingerprint density at radius 3 is 3.14 bits per heavy atom. The third-order valence-corrected chi connectivity index (χ3v) is 2.49. The van der Waals surface area contributed by atoms with Crippen LogP contribution in [-0.2, 0) is 16.1 Å². The number of fused-ring (bicyclic) bond motifs is 1. The fourth-order valence-corrected chi connectivity index (χ4v) is 1.78. The van der Waals surface area contributed by atoms with E-state index < -0.39 is 0 Å². The number of aromatic nitrogens is 3. The Morgan fingerprint density at radius 2 is 2.43 bits per heavy atom. The van der Waals surface area contributed by atoms with Crippen LogP contribution in [0.15, 0.2) is 0 Å². The summed E-state index contributed by atoms with van der Waals surface area (Å²) in [6.45, 7) is 4.94. The van der Waals surface area contributed by atoms with Crippen LogP contribution in [0.2, 0.25) is 0 Å². The first kappa shape index (κ1) is 9.18. The molecule has 0 aromatic carbocycles. The van der Waals surface area contributed by atoms with Crippen molar-refractivity contribution < 1.29 is 9.53 Å². The fourth-order valence-electron chi connectivity index (χ4n) is 1.78.